The van der Waals surface area contributed by atoms with Crippen molar-refractivity contribution < 1.29 is 14.8 Å². The van der Waals surface area contributed by atoms with Crippen molar-refractivity contribution >= 4 is 5.97 Å². The summed E-state index contributed by atoms with van der Waals surface area (Å²) in [6.45, 7) is 3.00. The summed E-state index contributed by atoms with van der Waals surface area (Å²) in [6.07, 6.45) is 0.0394. The van der Waals surface area contributed by atoms with E-state index in [4.69, 9.17) is 5.11 Å². The zero-order valence-corrected chi connectivity index (χ0v) is 6.53. The highest BCUT2D eigenvalue weighted by molar-refractivity contribution is 5.76. The topological polar surface area (TPSA) is 80.4 Å². The SMILES string of the molecule is CCC(CC)(C(=O)O)[N+](=O)[O-]. The van der Waals surface area contributed by atoms with Gasteiger partial charge in [0.15, 0.2) is 0 Å². The molecule has 0 aliphatic rings. The Kier molecular flexibility index (Phi) is 2.98. The molecule has 0 saturated carbocycles. The van der Waals surface area contributed by atoms with Gasteiger partial charge >= 0.3 is 11.5 Å². The minimum atomic E-state index is -1.78. The van der Waals surface area contributed by atoms with Crippen molar-refractivity contribution in [2.75, 3.05) is 0 Å². The fourth-order valence-corrected chi connectivity index (χ4v) is 0.889. The Balaban J connectivity index is 4.76. The highest BCUT2D eigenvalue weighted by atomic mass is 16.6. The molecule has 0 saturated heterocycles. The van der Waals surface area contributed by atoms with Crippen LogP contribution in [-0.4, -0.2) is 21.5 Å². The summed E-state index contributed by atoms with van der Waals surface area (Å²) < 4.78 is 0. The van der Waals surface area contributed by atoms with Crippen molar-refractivity contribution in [2.45, 2.75) is 32.2 Å². The fourth-order valence-electron chi connectivity index (χ4n) is 0.889. The molecule has 64 valence electrons. The Bertz CT molecular complexity index is 157. The molecule has 0 spiro atoms. The molecule has 0 aromatic rings. The number of rotatable bonds is 4. The standard InChI is InChI=1S/C6H11NO4/c1-3-6(4-2,5(8)9)7(10)11/h3-4H2,1-2H3,(H,8,9). The van der Waals surface area contributed by atoms with Gasteiger partial charge in [0.1, 0.15) is 0 Å². The number of hydrogen-bond donors (Lipinski definition) is 1. The summed E-state index contributed by atoms with van der Waals surface area (Å²) in [6, 6.07) is 0. The van der Waals surface area contributed by atoms with E-state index in [0.717, 1.165) is 0 Å². The van der Waals surface area contributed by atoms with Gasteiger partial charge in [-0.05, 0) is 0 Å². The van der Waals surface area contributed by atoms with E-state index in [1.807, 2.05) is 0 Å². The Labute approximate surface area is 64.2 Å². The van der Waals surface area contributed by atoms with Crippen LogP contribution in [0.4, 0.5) is 0 Å². The summed E-state index contributed by atoms with van der Waals surface area (Å²) in [5, 5.41) is 18.9. The largest absolute Gasteiger partial charge is 0.476 e. The minimum absolute atomic E-state index is 0.0197. The molecule has 0 aromatic heterocycles. The van der Waals surface area contributed by atoms with E-state index in [0.29, 0.717) is 0 Å². The summed E-state index contributed by atoms with van der Waals surface area (Å²) >= 11 is 0. The van der Waals surface area contributed by atoms with Crippen LogP contribution in [0.15, 0.2) is 0 Å². The van der Waals surface area contributed by atoms with Gasteiger partial charge in [0.2, 0.25) is 0 Å². The Morgan fingerprint density at radius 1 is 1.55 bits per heavy atom. The van der Waals surface area contributed by atoms with Crippen LogP contribution in [0.5, 0.6) is 0 Å². The van der Waals surface area contributed by atoms with Crippen LogP contribution in [0.25, 0.3) is 0 Å². The minimum Gasteiger partial charge on any atom is -0.476 e. The first-order valence-corrected chi connectivity index (χ1v) is 3.39. The summed E-state index contributed by atoms with van der Waals surface area (Å²) in [5.41, 5.74) is -1.78. The lowest BCUT2D eigenvalue weighted by molar-refractivity contribution is -0.556. The van der Waals surface area contributed by atoms with Gasteiger partial charge in [-0.3, -0.25) is 10.1 Å². The number of aliphatic carboxylic acids is 1. The smallest absolute Gasteiger partial charge is 0.382 e. The van der Waals surface area contributed by atoms with E-state index >= 15 is 0 Å². The summed E-state index contributed by atoms with van der Waals surface area (Å²) in [7, 11) is 0. The zero-order chi connectivity index (χ0) is 9.07. The second-order valence-electron chi connectivity index (χ2n) is 2.30. The maximum Gasteiger partial charge on any atom is 0.382 e. The van der Waals surface area contributed by atoms with Gasteiger partial charge in [0.05, 0.1) is 0 Å². The van der Waals surface area contributed by atoms with Gasteiger partial charge < -0.3 is 5.11 Å². The Morgan fingerprint density at radius 3 is 1.91 bits per heavy atom. The number of hydrogen-bond acceptors (Lipinski definition) is 3. The average Bonchev–Trinajstić information content (AvgIpc) is 1.90. The third-order valence-electron chi connectivity index (χ3n) is 1.92. The third-order valence-corrected chi connectivity index (χ3v) is 1.92. The molecule has 0 atom stereocenters. The van der Waals surface area contributed by atoms with Crippen LogP contribution in [0, 0.1) is 10.1 Å². The molecule has 0 radical (unpaired) electrons. The number of carbonyl (C=O) groups is 1. The highest BCUT2D eigenvalue weighted by Gasteiger charge is 2.47. The molecule has 0 bridgehead atoms. The average molecular weight is 161 g/mol. The van der Waals surface area contributed by atoms with Gasteiger partial charge in [0, 0.05) is 17.8 Å². The molecular formula is C6H11NO4. The lowest BCUT2D eigenvalue weighted by atomic mass is 9.94. The maximum absolute atomic E-state index is 10.5. The summed E-state index contributed by atoms with van der Waals surface area (Å²) in [5.74, 6) is -1.35. The molecule has 0 rings (SSSR count). The van der Waals surface area contributed by atoms with Crippen molar-refractivity contribution in [2.24, 2.45) is 0 Å². The van der Waals surface area contributed by atoms with Crippen LogP contribution < -0.4 is 0 Å². The molecule has 0 aromatic carbocycles. The predicted octanol–water partition coefficient (Wildman–Crippen LogP) is 0.906. The van der Waals surface area contributed by atoms with Gasteiger partial charge in [-0.1, -0.05) is 13.8 Å². The molecule has 5 heteroatoms. The van der Waals surface area contributed by atoms with Crippen molar-refractivity contribution in [1.82, 2.24) is 0 Å². The van der Waals surface area contributed by atoms with E-state index in [-0.39, 0.29) is 12.8 Å². The molecule has 0 amide bonds. The second kappa shape index (κ2) is 3.32. The predicted molar refractivity (Wildman–Crippen MR) is 37.9 cm³/mol. The fraction of sp³-hybridized carbons (Fsp3) is 0.833. The van der Waals surface area contributed by atoms with Crippen molar-refractivity contribution in [3.05, 3.63) is 10.1 Å². The number of nitro groups is 1. The molecule has 0 unspecified atom stereocenters. The lowest BCUT2D eigenvalue weighted by Gasteiger charge is -2.16. The second-order valence-corrected chi connectivity index (χ2v) is 2.30. The van der Waals surface area contributed by atoms with Crippen LogP contribution in [0.1, 0.15) is 26.7 Å². The van der Waals surface area contributed by atoms with Gasteiger partial charge in [-0.25, -0.2) is 4.79 Å². The van der Waals surface area contributed by atoms with Crippen molar-refractivity contribution in [3.63, 3.8) is 0 Å². The first-order chi connectivity index (χ1) is 5.01. The molecule has 0 fully saturated rings. The van der Waals surface area contributed by atoms with Gasteiger partial charge in [0.25, 0.3) is 0 Å². The maximum atomic E-state index is 10.5. The van der Waals surface area contributed by atoms with Crippen LogP contribution >= 0.6 is 0 Å². The first-order valence-electron chi connectivity index (χ1n) is 3.39. The molecule has 0 heterocycles. The molecular weight excluding hydrogens is 150 g/mol. The van der Waals surface area contributed by atoms with Crippen LogP contribution in [-0.2, 0) is 4.79 Å². The quantitative estimate of drug-likeness (QED) is 0.490. The molecule has 5 nitrogen and oxygen atoms in total. The van der Waals surface area contributed by atoms with Gasteiger partial charge in [-0.15, -0.1) is 0 Å². The first kappa shape index (κ1) is 9.87. The Morgan fingerprint density at radius 2 is 1.91 bits per heavy atom. The van der Waals surface area contributed by atoms with E-state index in [9.17, 15) is 14.9 Å². The summed E-state index contributed by atoms with van der Waals surface area (Å²) in [4.78, 5) is 20.1. The number of carboxylic acid groups (broad SMARTS) is 1. The van der Waals surface area contributed by atoms with Crippen LogP contribution in [0.3, 0.4) is 0 Å². The monoisotopic (exact) mass is 161 g/mol. The van der Waals surface area contributed by atoms with E-state index in [1.54, 1.807) is 0 Å². The van der Waals surface area contributed by atoms with E-state index < -0.39 is 16.4 Å². The Hall–Kier alpha value is -1.13. The lowest BCUT2D eigenvalue weighted by Crippen LogP contribution is -2.45. The van der Waals surface area contributed by atoms with E-state index in [2.05, 4.69) is 0 Å². The molecule has 0 aliphatic carbocycles. The number of carboxylic acids is 1. The molecule has 1 N–H and O–H groups in total. The number of nitrogens with zero attached hydrogens (tertiary/aromatic N) is 1. The third kappa shape index (κ3) is 1.47. The highest BCUT2D eigenvalue weighted by Crippen LogP contribution is 2.19. The van der Waals surface area contributed by atoms with E-state index in [1.165, 1.54) is 13.8 Å². The molecule has 0 aliphatic heterocycles. The molecule has 11 heavy (non-hydrogen) atoms. The van der Waals surface area contributed by atoms with Crippen molar-refractivity contribution in [3.8, 4) is 0 Å². The van der Waals surface area contributed by atoms with Crippen molar-refractivity contribution in [1.29, 1.82) is 0 Å². The van der Waals surface area contributed by atoms with Crippen LogP contribution in [0.2, 0.25) is 0 Å². The zero-order valence-electron chi connectivity index (χ0n) is 6.53. The van der Waals surface area contributed by atoms with Gasteiger partial charge in [-0.2, -0.15) is 0 Å². The normalized spacial score (nSPS) is 11.1.